The Hall–Kier alpha value is -1.77. The number of carbonyl (C=O) groups is 1. The van der Waals surface area contributed by atoms with Crippen LogP contribution in [0.25, 0.3) is 0 Å². The van der Waals surface area contributed by atoms with Crippen molar-refractivity contribution in [2.45, 2.75) is 44.6 Å². The zero-order chi connectivity index (χ0) is 20.1. The average molecular weight is 383 g/mol. The molecule has 0 radical (unpaired) electrons. The molecule has 26 heavy (non-hydrogen) atoms. The molecule has 1 aromatic carbocycles. The summed E-state index contributed by atoms with van der Waals surface area (Å²) >= 11 is 0. The molecule has 0 spiro atoms. The maximum atomic E-state index is 13.4. The van der Waals surface area contributed by atoms with Gasteiger partial charge in [0, 0.05) is 24.5 Å². The lowest BCUT2D eigenvalue weighted by atomic mass is 9.85. The van der Waals surface area contributed by atoms with Crippen molar-refractivity contribution in [1.29, 1.82) is 0 Å². The number of benzene rings is 1. The van der Waals surface area contributed by atoms with Crippen molar-refractivity contribution in [2.75, 3.05) is 13.1 Å². The number of likely N-dealkylation sites (tertiary alicyclic amines) is 1. The third-order valence-electron chi connectivity index (χ3n) is 4.67. The molecule has 0 saturated carbocycles. The molecule has 0 amide bonds. The predicted octanol–water partition coefficient (Wildman–Crippen LogP) is 4.62. The lowest BCUT2D eigenvalue weighted by molar-refractivity contribution is -0.145. The molecule has 2 atom stereocenters. The molecule has 3 nitrogen and oxygen atoms in total. The molecular weight excluding hydrogens is 364 g/mol. The molecule has 0 bridgehead atoms. The summed E-state index contributed by atoms with van der Waals surface area (Å²) in [6.45, 7) is 5.44. The first-order chi connectivity index (χ1) is 11.6. The molecule has 1 fully saturated rings. The van der Waals surface area contributed by atoms with Gasteiger partial charge < -0.3 is 5.11 Å². The van der Waals surface area contributed by atoms with Crippen LogP contribution in [0.1, 0.15) is 43.4 Å². The van der Waals surface area contributed by atoms with Crippen LogP contribution in [0.15, 0.2) is 18.2 Å². The fraction of sp³-hybridized carbons (Fsp3) is 0.588. The minimum Gasteiger partial charge on any atom is -0.481 e. The fourth-order valence-corrected chi connectivity index (χ4v) is 3.22. The summed E-state index contributed by atoms with van der Waals surface area (Å²) in [5, 5.41) is 9.42. The molecule has 1 N–H and O–H groups in total. The smallest absolute Gasteiger partial charge is 0.416 e. The molecule has 0 aliphatic carbocycles. The van der Waals surface area contributed by atoms with Crippen LogP contribution in [-0.4, -0.2) is 34.6 Å². The van der Waals surface area contributed by atoms with Gasteiger partial charge in [0.15, 0.2) is 0 Å². The maximum absolute atomic E-state index is 13.4. The van der Waals surface area contributed by atoms with Gasteiger partial charge in [-0.25, -0.2) is 0 Å². The third-order valence-corrected chi connectivity index (χ3v) is 4.67. The fourth-order valence-electron chi connectivity index (χ4n) is 3.22. The van der Waals surface area contributed by atoms with E-state index in [0.717, 1.165) is 6.07 Å². The zero-order valence-electron chi connectivity index (χ0n) is 14.4. The van der Waals surface area contributed by atoms with Crippen molar-refractivity contribution in [3.05, 3.63) is 34.9 Å². The molecule has 1 aromatic rings. The SMILES string of the molecule is CC(C)(C)N1C[C@H](C(=O)O)[C@@H](c2ccc(C(F)(F)F)cc2C(F)(F)F)C1. The second-order valence-electron chi connectivity index (χ2n) is 7.42. The largest absolute Gasteiger partial charge is 0.481 e. The summed E-state index contributed by atoms with van der Waals surface area (Å²) < 4.78 is 78.7. The molecule has 1 aliphatic heterocycles. The average Bonchev–Trinajstić information content (AvgIpc) is 2.90. The van der Waals surface area contributed by atoms with E-state index in [1.807, 2.05) is 0 Å². The second kappa shape index (κ2) is 6.44. The van der Waals surface area contributed by atoms with Gasteiger partial charge in [0.25, 0.3) is 0 Å². The van der Waals surface area contributed by atoms with Crippen molar-refractivity contribution in [1.82, 2.24) is 4.90 Å². The standard InChI is InChI=1S/C17H19F6NO2/c1-15(2,3)24-7-11(12(8-24)14(25)26)10-5-4-9(16(18,19)20)6-13(10)17(21,22)23/h4-6,11-12H,7-8H2,1-3H3,(H,25,26)/t11-,12+/m1/s1. The topological polar surface area (TPSA) is 40.5 Å². The Morgan fingerprint density at radius 1 is 1.04 bits per heavy atom. The number of alkyl halides is 6. The first-order valence-electron chi connectivity index (χ1n) is 7.88. The van der Waals surface area contributed by atoms with Crippen molar-refractivity contribution >= 4 is 5.97 Å². The third kappa shape index (κ3) is 4.13. The highest BCUT2D eigenvalue weighted by molar-refractivity contribution is 5.72. The minimum atomic E-state index is -5.02. The first kappa shape index (κ1) is 20.5. The van der Waals surface area contributed by atoms with Crippen molar-refractivity contribution in [2.24, 2.45) is 5.92 Å². The van der Waals surface area contributed by atoms with E-state index in [0.29, 0.717) is 6.07 Å². The van der Waals surface area contributed by atoms with Gasteiger partial charge in [-0.05, 0) is 38.5 Å². The summed E-state index contributed by atoms with van der Waals surface area (Å²) in [4.78, 5) is 13.3. The quantitative estimate of drug-likeness (QED) is 0.758. The molecule has 1 saturated heterocycles. The number of aliphatic carboxylic acids is 1. The lowest BCUT2D eigenvalue weighted by Gasteiger charge is -2.31. The molecule has 2 rings (SSSR count). The van der Waals surface area contributed by atoms with Gasteiger partial charge in [-0.2, -0.15) is 26.3 Å². The van der Waals surface area contributed by atoms with Crippen LogP contribution in [0.5, 0.6) is 0 Å². The van der Waals surface area contributed by atoms with E-state index in [2.05, 4.69) is 0 Å². The number of nitrogens with zero attached hydrogens (tertiary/aromatic N) is 1. The normalized spacial score (nSPS) is 22.7. The van der Waals surface area contributed by atoms with Gasteiger partial charge in [0.05, 0.1) is 17.0 Å². The molecule has 1 heterocycles. The van der Waals surface area contributed by atoms with E-state index in [1.54, 1.807) is 25.7 Å². The Morgan fingerprint density at radius 2 is 1.62 bits per heavy atom. The van der Waals surface area contributed by atoms with Gasteiger partial charge in [0.1, 0.15) is 0 Å². The number of hydrogen-bond donors (Lipinski definition) is 1. The van der Waals surface area contributed by atoms with Crippen LogP contribution >= 0.6 is 0 Å². The minimum absolute atomic E-state index is 0.0227. The number of carboxylic acids is 1. The number of halogens is 6. The Kier molecular flexibility index (Phi) is 5.09. The Morgan fingerprint density at radius 3 is 2.04 bits per heavy atom. The summed E-state index contributed by atoms with van der Waals surface area (Å²) in [6, 6.07) is 1.40. The summed E-state index contributed by atoms with van der Waals surface area (Å²) in [5.41, 5.74) is -3.73. The number of rotatable bonds is 2. The van der Waals surface area contributed by atoms with E-state index in [-0.39, 0.29) is 19.2 Å². The maximum Gasteiger partial charge on any atom is 0.416 e. The van der Waals surface area contributed by atoms with Crippen molar-refractivity contribution in [3.63, 3.8) is 0 Å². The molecule has 146 valence electrons. The van der Waals surface area contributed by atoms with E-state index in [9.17, 15) is 36.2 Å². The highest BCUT2D eigenvalue weighted by Gasteiger charge is 2.46. The lowest BCUT2D eigenvalue weighted by Crippen LogP contribution is -2.40. The van der Waals surface area contributed by atoms with Gasteiger partial charge >= 0.3 is 18.3 Å². The zero-order valence-corrected chi connectivity index (χ0v) is 14.4. The predicted molar refractivity (Wildman–Crippen MR) is 81.6 cm³/mol. The summed E-state index contributed by atoms with van der Waals surface area (Å²) in [7, 11) is 0. The van der Waals surface area contributed by atoms with Gasteiger partial charge in [-0.1, -0.05) is 6.07 Å². The summed E-state index contributed by atoms with van der Waals surface area (Å²) in [5.74, 6) is -3.45. The van der Waals surface area contributed by atoms with E-state index in [4.69, 9.17) is 0 Å². The first-order valence-corrected chi connectivity index (χ1v) is 7.88. The van der Waals surface area contributed by atoms with Crippen molar-refractivity contribution < 1.29 is 36.2 Å². The molecule has 0 aromatic heterocycles. The molecule has 9 heteroatoms. The van der Waals surface area contributed by atoms with Crippen LogP contribution in [0.3, 0.4) is 0 Å². The van der Waals surface area contributed by atoms with Crippen LogP contribution in [-0.2, 0) is 17.1 Å². The van der Waals surface area contributed by atoms with Gasteiger partial charge in [0.2, 0.25) is 0 Å². The van der Waals surface area contributed by atoms with Gasteiger partial charge in [-0.15, -0.1) is 0 Å². The van der Waals surface area contributed by atoms with Crippen LogP contribution in [0, 0.1) is 5.92 Å². The molecule has 0 unspecified atom stereocenters. The Bertz CT molecular complexity index is 690. The Labute approximate surface area is 146 Å². The van der Waals surface area contributed by atoms with Crippen LogP contribution in [0.4, 0.5) is 26.3 Å². The highest BCUT2D eigenvalue weighted by Crippen LogP contribution is 2.44. The van der Waals surface area contributed by atoms with E-state index >= 15 is 0 Å². The van der Waals surface area contributed by atoms with E-state index in [1.165, 1.54) is 0 Å². The van der Waals surface area contributed by atoms with Crippen molar-refractivity contribution in [3.8, 4) is 0 Å². The molecule has 1 aliphatic rings. The van der Waals surface area contributed by atoms with E-state index < -0.39 is 52.4 Å². The Balaban J connectivity index is 2.56. The monoisotopic (exact) mass is 383 g/mol. The highest BCUT2D eigenvalue weighted by atomic mass is 19.4. The second-order valence-corrected chi connectivity index (χ2v) is 7.42. The van der Waals surface area contributed by atoms with Crippen LogP contribution < -0.4 is 0 Å². The summed E-state index contributed by atoms with van der Waals surface area (Å²) in [6.07, 6.45) is -9.94. The number of hydrogen-bond acceptors (Lipinski definition) is 2. The van der Waals surface area contributed by atoms with Gasteiger partial charge in [-0.3, -0.25) is 9.69 Å². The number of carboxylic acid groups (broad SMARTS) is 1. The molecular formula is C17H19F6NO2. The van der Waals surface area contributed by atoms with Crippen LogP contribution in [0.2, 0.25) is 0 Å².